The van der Waals surface area contributed by atoms with Gasteiger partial charge in [0.1, 0.15) is 0 Å². The van der Waals surface area contributed by atoms with Gasteiger partial charge in [0.2, 0.25) is 5.91 Å². The van der Waals surface area contributed by atoms with E-state index in [0.29, 0.717) is 12.1 Å². The third-order valence-corrected chi connectivity index (χ3v) is 1.66. The third-order valence-electron chi connectivity index (χ3n) is 1.66. The Morgan fingerprint density at radius 3 is 2.57 bits per heavy atom. The summed E-state index contributed by atoms with van der Waals surface area (Å²) in [4.78, 5) is 21.6. The van der Waals surface area contributed by atoms with Crippen LogP contribution in [0.3, 0.4) is 0 Å². The monoisotopic (exact) mass is 191 g/mol. The molecule has 14 heavy (non-hydrogen) atoms. The fraction of sp³-hybridized carbons (Fsp3) is 0.200. The summed E-state index contributed by atoms with van der Waals surface area (Å²) in [5.74, 6) is -0.225. The van der Waals surface area contributed by atoms with E-state index in [9.17, 15) is 9.59 Å². The fourth-order valence-electron chi connectivity index (χ4n) is 0.921. The van der Waals surface area contributed by atoms with Crippen LogP contribution < -0.4 is 10.4 Å². The molecule has 2 amide bonds. The molecule has 0 aliphatic carbocycles. The number of benzene rings is 1. The van der Waals surface area contributed by atoms with Crippen molar-refractivity contribution < 1.29 is 9.59 Å². The minimum Gasteiger partial charge on any atom is -0.273 e. The van der Waals surface area contributed by atoms with Crippen LogP contribution in [-0.4, -0.2) is 12.3 Å². The summed E-state index contributed by atoms with van der Waals surface area (Å²) in [5.41, 5.74) is 2.99. The molecule has 0 bridgehead atoms. The Morgan fingerprint density at radius 2 is 2.07 bits per heavy atom. The number of hydrogen-bond acceptors (Lipinski definition) is 2. The normalized spacial score (nSPS) is 9.21. The lowest BCUT2D eigenvalue weighted by Crippen LogP contribution is -2.41. The van der Waals surface area contributed by atoms with Gasteiger partial charge in [-0.25, -0.2) is 5.01 Å². The minimum absolute atomic E-state index is 0.225. The second-order valence-corrected chi connectivity index (χ2v) is 2.65. The molecule has 0 heterocycles. The molecule has 1 N–H and O–H groups in total. The second kappa shape index (κ2) is 5.01. The summed E-state index contributed by atoms with van der Waals surface area (Å²) in [5, 5.41) is 1.03. The molecule has 4 nitrogen and oxygen atoms in total. The SMILES string of the molecule is CCC(=O)NN([C]=O)c1ccccc1. The van der Waals surface area contributed by atoms with Crippen LogP contribution in [0.25, 0.3) is 0 Å². The molecule has 0 spiro atoms. The van der Waals surface area contributed by atoms with Crippen LogP contribution in [0.1, 0.15) is 13.3 Å². The minimum atomic E-state index is -0.225. The van der Waals surface area contributed by atoms with Crippen LogP contribution >= 0.6 is 0 Å². The average Bonchev–Trinajstić information content (AvgIpc) is 2.26. The molecule has 1 rings (SSSR count). The molecule has 0 fully saturated rings. The van der Waals surface area contributed by atoms with Crippen LogP contribution in [0, 0.1) is 0 Å². The standard InChI is InChI=1S/C10H11N2O2/c1-2-10(14)11-12(8-13)9-6-4-3-5-7-9/h3-7H,2H2,1H3,(H,11,14). The van der Waals surface area contributed by atoms with Crippen molar-refractivity contribution in [2.24, 2.45) is 0 Å². The maximum atomic E-state index is 11.0. The molecule has 0 atom stereocenters. The maximum absolute atomic E-state index is 11.0. The van der Waals surface area contributed by atoms with E-state index in [0.717, 1.165) is 5.01 Å². The summed E-state index contributed by atoms with van der Waals surface area (Å²) < 4.78 is 0. The van der Waals surface area contributed by atoms with Crippen molar-refractivity contribution >= 4 is 18.0 Å². The van der Waals surface area contributed by atoms with Crippen molar-refractivity contribution in [3.63, 3.8) is 0 Å². The van der Waals surface area contributed by atoms with E-state index < -0.39 is 0 Å². The van der Waals surface area contributed by atoms with Gasteiger partial charge in [-0.3, -0.25) is 15.0 Å². The Kier molecular flexibility index (Phi) is 3.67. The number of nitrogens with zero attached hydrogens (tertiary/aromatic N) is 1. The number of carbonyl (C=O) groups excluding carboxylic acids is 2. The summed E-state index contributed by atoms with van der Waals surface area (Å²) in [7, 11) is 0. The lowest BCUT2D eigenvalue weighted by atomic mass is 10.3. The van der Waals surface area contributed by atoms with Gasteiger partial charge in [-0.15, -0.1) is 0 Å². The molecular formula is C10H11N2O2. The molecule has 0 aromatic heterocycles. The molecule has 4 heteroatoms. The molecule has 0 unspecified atom stereocenters. The molecule has 0 saturated heterocycles. The van der Waals surface area contributed by atoms with E-state index >= 15 is 0 Å². The first-order valence-corrected chi connectivity index (χ1v) is 4.30. The van der Waals surface area contributed by atoms with Crippen molar-refractivity contribution in [1.82, 2.24) is 5.43 Å². The van der Waals surface area contributed by atoms with E-state index in [1.54, 1.807) is 37.6 Å². The molecule has 0 aliphatic heterocycles. The van der Waals surface area contributed by atoms with Crippen molar-refractivity contribution in [2.45, 2.75) is 13.3 Å². The molecular weight excluding hydrogens is 180 g/mol. The quantitative estimate of drug-likeness (QED) is 0.570. The summed E-state index contributed by atoms with van der Waals surface area (Å²) >= 11 is 0. The zero-order valence-electron chi connectivity index (χ0n) is 7.86. The number of hydrazine groups is 1. The molecule has 0 aliphatic rings. The number of para-hydroxylation sites is 1. The molecule has 73 valence electrons. The van der Waals surface area contributed by atoms with Crippen molar-refractivity contribution in [1.29, 1.82) is 0 Å². The van der Waals surface area contributed by atoms with Gasteiger partial charge in [0.05, 0.1) is 5.69 Å². The van der Waals surface area contributed by atoms with Crippen LogP contribution in [0.5, 0.6) is 0 Å². The van der Waals surface area contributed by atoms with Gasteiger partial charge in [-0.1, -0.05) is 25.1 Å². The molecule has 1 radical (unpaired) electrons. The van der Waals surface area contributed by atoms with Gasteiger partial charge in [0, 0.05) is 6.42 Å². The largest absolute Gasteiger partial charge is 0.337 e. The van der Waals surface area contributed by atoms with Crippen LogP contribution in [0.15, 0.2) is 30.3 Å². The highest BCUT2D eigenvalue weighted by atomic mass is 16.2. The number of rotatable bonds is 4. The van der Waals surface area contributed by atoms with Crippen LogP contribution in [-0.2, 0) is 9.59 Å². The predicted molar refractivity (Wildman–Crippen MR) is 53.0 cm³/mol. The first-order chi connectivity index (χ1) is 6.77. The zero-order valence-corrected chi connectivity index (χ0v) is 7.86. The van der Waals surface area contributed by atoms with Crippen molar-refractivity contribution in [3.05, 3.63) is 30.3 Å². The van der Waals surface area contributed by atoms with E-state index in [1.165, 1.54) is 0 Å². The molecule has 1 aromatic carbocycles. The van der Waals surface area contributed by atoms with Gasteiger partial charge < -0.3 is 0 Å². The fourth-order valence-corrected chi connectivity index (χ4v) is 0.921. The zero-order chi connectivity index (χ0) is 10.4. The first kappa shape index (κ1) is 10.2. The highest BCUT2D eigenvalue weighted by Crippen LogP contribution is 2.08. The van der Waals surface area contributed by atoms with E-state index in [-0.39, 0.29) is 5.91 Å². The van der Waals surface area contributed by atoms with E-state index in [1.807, 2.05) is 6.07 Å². The first-order valence-electron chi connectivity index (χ1n) is 4.30. The van der Waals surface area contributed by atoms with Gasteiger partial charge in [0.15, 0.2) is 0 Å². The summed E-state index contributed by atoms with van der Waals surface area (Å²) in [6, 6.07) is 8.80. The number of carbonyl (C=O) groups is 1. The Hall–Kier alpha value is -1.84. The van der Waals surface area contributed by atoms with Gasteiger partial charge in [0.25, 0.3) is 0 Å². The van der Waals surface area contributed by atoms with E-state index in [4.69, 9.17) is 0 Å². The third kappa shape index (κ3) is 2.58. The van der Waals surface area contributed by atoms with E-state index in [2.05, 4.69) is 5.43 Å². The van der Waals surface area contributed by atoms with Gasteiger partial charge in [-0.05, 0) is 12.1 Å². The number of hydrogen-bond donors (Lipinski definition) is 1. The van der Waals surface area contributed by atoms with Crippen molar-refractivity contribution in [3.8, 4) is 0 Å². The van der Waals surface area contributed by atoms with Crippen LogP contribution in [0.4, 0.5) is 5.69 Å². The maximum Gasteiger partial charge on any atom is 0.337 e. The van der Waals surface area contributed by atoms with Gasteiger partial charge >= 0.3 is 6.41 Å². The Labute approximate surface area is 82.5 Å². The smallest absolute Gasteiger partial charge is 0.273 e. The van der Waals surface area contributed by atoms with Crippen LogP contribution in [0.2, 0.25) is 0 Å². The summed E-state index contributed by atoms with van der Waals surface area (Å²) in [6.45, 7) is 1.71. The number of anilines is 1. The van der Waals surface area contributed by atoms with Crippen molar-refractivity contribution in [2.75, 3.05) is 5.01 Å². The van der Waals surface area contributed by atoms with Gasteiger partial charge in [-0.2, -0.15) is 0 Å². The highest BCUT2D eigenvalue weighted by molar-refractivity contribution is 5.84. The average molecular weight is 191 g/mol. The number of nitrogens with one attached hydrogen (secondary N) is 1. The Balaban J connectivity index is 2.73. The number of amides is 2. The highest BCUT2D eigenvalue weighted by Gasteiger charge is 2.07. The summed E-state index contributed by atoms with van der Waals surface area (Å²) in [6.07, 6.45) is 1.96. The molecule has 1 aromatic rings. The second-order valence-electron chi connectivity index (χ2n) is 2.65. The lowest BCUT2D eigenvalue weighted by Gasteiger charge is -2.16. The Morgan fingerprint density at radius 1 is 1.43 bits per heavy atom. The predicted octanol–water partition coefficient (Wildman–Crippen LogP) is 1.00. The lowest BCUT2D eigenvalue weighted by molar-refractivity contribution is -0.120. The topological polar surface area (TPSA) is 49.4 Å². The Bertz CT molecular complexity index is 311. The molecule has 0 saturated carbocycles.